The number of ether oxygens (including phenoxy) is 1. The van der Waals surface area contributed by atoms with Crippen LogP contribution >= 0.6 is 0 Å². The Balaban J connectivity index is 1.38. The molecule has 2 heterocycles. The number of fused-ring (bicyclic) bond motifs is 1. The van der Waals surface area contributed by atoms with E-state index in [9.17, 15) is 9.00 Å². The maximum Gasteiger partial charge on any atom is 0.235 e. The lowest BCUT2D eigenvalue weighted by Gasteiger charge is -2.28. The van der Waals surface area contributed by atoms with Gasteiger partial charge in [-0.3, -0.25) is 9.00 Å². The fourth-order valence-electron chi connectivity index (χ4n) is 3.56. The molecule has 1 atom stereocenters. The molecule has 0 fully saturated rings. The van der Waals surface area contributed by atoms with Gasteiger partial charge in [-0.05, 0) is 48.7 Å². The highest BCUT2D eigenvalue weighted by Crippen LogP contribution is 2.25. The molecule has 6 nitrogen and oxygen atoms in total. The van der Waals surface area contributed by atoms with Gasteiger partial charge in [0, 0.05) is 29.5 Å². The van der Waals surface area contributed by atoms with E-state index in [0.29, 0.717) is 30.4 Å². The number of amides is 1. The van der Waals surface area contributed by atoms with Crippen LogP contribution in [0, 0.1) is 6.92 Å². The van der Waals surface area contributed by atoms with Crippen LogP contribution in [0.15, 0.2) is 52.9 Å². The second kappa shape index (κ2) is 8.83. The van der Waals surface area contributed by atoms with E-state index in [-0.39, 0.29) is 17.4 Å². The molecule has 3 aromatic rings. The second-order valence-corrected chi connectivity index (χ2v) is 8.77. The van der Waals surface area contributed by atoms with Crippen LogP contribution in [0.2, 0.25) is 0 Å². The Bertz CT molecular complexity index is 1080. The number of rotatable bonds is 6. The van der Waals surface area contributed by atoms with Gasteiger partial charge in [-0.2, -0.15) is 0 Å². The first-order valence-corrected chi connectivity index (χ1v) is 11.3. The highest BCUT2D eigenvalue weighted by Gasteiger charge is 2.23. The molecular weight excluding hydrogens is 400 g/mol. The molecular formula is C23H24N2O4S. The molecule has 1 aliphatic rings. The third-order valence-electron chi connectivity index (χ3n) is 5.30. The third kappa shape index (κ3) is 4.46. The van der Waals surface area contributed by atoms with Crippen LogP contribution in [0.3, 0.4) is 0 Å². The number of methoxy groups -OCH3 is 1. The fraction of sp³-hybridized carbons (Fsp3) is 0.304. The van der Waals surface area contributed by atoms with Gasteiger partial charge in [-0.1, -0.05) is 24.3 Å². The number of nitrogens with zero attached hydrogens (tertiary/aromatic N) is 2. The maximum absolute atomic E-state index is 12.7. The van der Waals surface area contributed by atoms with Crippen molar-refractivity contribution in [3.8, 4) is 17.2 Å². The molecule has 1 amide bonds. The summed E-state index contributed by atoms with van der Waals surface area (Å²) in [6, 6.07) is 15.5. The van der Waals surface area contributed by atoms with E-state index in [1.54, 1.807) is 18.9 Å². The Kier molecular flexibility index (Phi) is 5.99. The Morgan fingerprint density at radius 1 is 1.17 bits per heavy atom. The van der Waals surface area contributed by atoms with Crippen LogP contribution in [0.1, 0.15) is 22.6 Å². The van der Waals surface area contributed by atoms with Crippen LogP contribution in [-0.4, -0.2) is 39.4 Å². The molecule has 30 heavy (non-hydrogen) atoms. The minimum absolute atomic E-state index is 0.00760. The number of carbonyl (C=O) groups excluding carboxylic acids is 1. The Morgan fingerprint density at radius 3 is 2.63 bits per heavy atom. The summed E-state index contributed by atoms with van der Waals surface area (Å²) in [6.07, 6.45) is 0.835. The summed E-state index contributed by atoms with van der Waals surface area (Å²) < 4.78 is 23.6. The summed E-state index contributed by atoms with van der Waals surface area (Å²) in [4.78, 5) is 18.9. The summed E-state index contributed by atoms with van der Waals surface area (Å²) >= 11 is 0. The summed E-state index contributed by atoms with van der Waals surface area (Å²) in [6.45, 7) is 3.05. The van der Waals surface area contributed by atoms with Gasteiger partial charge in [0.1, 0.15) is 17.3 Å². The van der Waals surface area contributed by atoms with Crippen molar-refractivity contribution in [3.63, 3.8) is 0 Å². The molecule has 0 saturated heterocycles. The van der Waals surface area contributed by atoms with Crippen molar-refractivity contribution in [1.82, 2.24) is 9.88 Å². The standard InChI is InChI=1S/C23H24N2O4S/c1-16-21(24-23(29-16)18-7-9-20(28-2)10-8-18)14-30(27)15-22(26)25-12-11-17-5-3-4-6-19(17)13-25/h3-10H,11-15H2,1-2H3/t30-/m1/s1. The van der Waals surface area contributed by atoms with Crippen molar-refractivity contribution in [2.45, 2.75) is 25.6 Å². The molecule has 1 aromatic heterocycles. The molecule has 7 heteroatoms. The van der Waals surface area contributed by atoms with Gasteiger partial charge >= 0.3 is 0 Å². The number of carbonyl (C=O) groups is 1. The monoisotopic (exact) mass is 424 g/mol. The topological polar surface area (TPSA) is 72.6 Å². The number of benzene rings is 2. The lowest BCUT2D eigenvalue weighted by atomic mass is 10.00. The molecule has 0 spiro atoms. The van der Waals surface area contributed by atoms with E-state index in [4.69, 9.17) is 9.15 Å². The van der Waals surface area contributed by atoms with Crippen LogP contribution in [-0.2, 0) is 34.3 Å². The van der Waals surface area contributed by atoms with Gasteiger partial charge in [0.15, 0.2) is 0 Å². The summed E-state index contributed by atoms with van der Waals surface area (Å²) in [5.41, 5.74) is 3.89. The van der Waals surface area contributed by atoms with Crippen LogP contribution < -0.4 is 4.74 Å². The number of hydrogen-bond donors (Lipinski definition) is 0. The third-order valence-corrected chi connectivity index (χ3v) is 6.46. The molecule has 156 valence electrons. The highest BCUT2D eigenvalue weighted by molar-refractivity contribution is 7.84. The van der Waals surface area contributed by atoms with Gasteiger partial charge in [0.2, 0.25) is 11.8 Å². The van der Waals surface area contributed by atoms with E-state index in [1.165, 1.54) is 11.1 Å². The van der Waals surface area contributed by atoms with Crippen LogP contribution in [0.25, 0.3) is 11.5 Å². The van der Waals surface area contributed by atoms with Crippen molar-refractivity contribution in [1.29, 1.82) is 0 Å². The van der Waals surface area contributed by atoms with Gasteiger partial charge in [-0.15, -0.1) is 0 Å². The fourth-order valence-corrected chi connectivity index (χ4v) is 4.69. The first-order valence-electron chi connectivity index (χ1n) is 9.83. The molecule has 0 aliphatic carbocycles. The molecule has 2 aromatic carbocycles. The lowest BCUT2D eigenvalue weighted by Crippen LogP contribution is -2.38. The van der Waals surface area contributed by atoms with Crippen LogP contribution in [0.4, 0.5) is 0 Å². The zero-order valence-electron chi connectivity index (χ0n) is 17.1. The molecule has 0 unspecified atom stereocenters. The maximum atomic E-state index is 12.7. The quantitative estimate of drug-likeness (QED) is 0.606. The predicted molar refractivity (Wildman–Crippen MR) is 116 cm³/mol. The van der Waals surface area contributed by atoms with Gasteiger partial charge < -0.3 is 14.1 Å². The summed E-state index contributed by atoms with van der Waals surface area (Å²) in [5.74, 6) is 1.95. The first-order chi connectivity index (χ1) is 14.5. The smallest absolute Gasteiger partial charge is 0.235 e. The molecule has 0 radical (unpaired) electrons. The lowest BCUT2D eigenvalue weighted by molar-refractivity contribution is -0.129. The van der Waals surface area contributed by atoms with Gasteiger partial charge in [-0.25, -0.2) is 4.98 Å². The highest BCUT2D eigenvalue weighted by atomic mass is 32.2. The number of hydrogen-bond acceptors (Lipinski definition) is 5. The first kappa shape index (κ1) is 20.3. The van der Waals surface area contributed by atoms with E-state index in [1.807, 2.05) is 42.5 Å². The van der Waals surface area contributed by atoms with Crippen LogP contribution in [0.5, 0.6) is 5.75 Å². The molecule has 4 rings (SSSR count). The average Bonchev–Trinajstić information content (AvgIpc) is 3.13. The van der Waals surface area contributed by atoms with E-state index in [0.717, 1.165) is 17.7 Å². The molecule has 0 bridgehead atoms. The average molecular weight is 425 g/mol. The second-order valence-electron chi connectivity index (χ2n) is 7.31. The zero-order valence-corrected chi connectivity index (χ0v) is 17.9. The molecule has 1 aliphatic heterocycles. The normalized spacial score (nSPS) is 14.3. The minimum atomic E-state index is -1.35. The van der Waals surface area contributed by atoms with Gasteiger partial charge in [0.05, 0.1) is 18.6 Å². The Morgan fingerprint density at radius 2 is 1.90 bits per heavy atom. The number of oxazole rings is 1. The molecule has 0 saturated carbocycles. The van der Waals surface area contributed by atoms with Crippen molar-refractivity contribution in [2.24, 2.45) is 0 Å². The van der Waals surface area contributed by atoms with Gasteiger partial charge in [0.25, 0.3) is 0 Å². The Labute approximate surface area is 178 Å². The van der Waals surface area contributed by atoms with E-state index in [2.05, 4.69) is 11.1 Å². The molecule has 0 N–H and O–H groups in total. The van der Waals surface area contributed by atoms with E-state index < -0.39 is 10.8 Å². The Hall–Kier alpha value is -2.93. The van der Waals surface area contributed by atoms with Crippen molar-refractivity contribution in [3.05, 3.63) is 71.1 Å². The van der Waals surface area contributed by atoms with Crippen molar-refractivity contribution < 1.29 is 18.2 Å². The van der Waals surface area contributed by atoms with Crippen molar-refractivity contribution >= 4 is 16.7 Å². The summed E-state index contributed by atoms with van der Waals surface area (Å²) in [5, 5.41) is 0. The predicted octanol–water partition coefficient (Wildman–Crippen LogP) is 3.49. The number of aromatic nitrogens is 1. The zero-order chi connectivity index (χ0) is 21.1. The van der Waals surface area contributed by atoms with E-state index >= 15 is 0 Å². The SMILES string of the molecule is COc1ccc(-c2nc(C[S@@](=O)CC(=O)N3CCc4ccccc4C3)c(C)o2)cc1. The largest absolute Gasteiger partial charge is 0.497 e. The van der Waals surface area contributed by atoms with Crippen molar-refractivity contribution in [2.75, 3.05) is 19.4 Å². The number of aryl methyl sites for hydroxylation is 1. The summed E-state index contributed by atoms with van der Waals surface area (Å²) in [7, 11) is 0.260. The minimum Gasteiger partial charge on any atom is -0.497 e.